The van der Waals surface area contributed by atoms with Gasteiger partial charge in [-0.25, -0.2) is 9.78 Å². The third kappa shape index (κ3) is 27.1. The Morgan fingerprint density at radius 2 is 0.958 bits per heavy atom. The normalized spacial score (nSPS) is 13.7. The second kappa shape index (κ2) is 39.5. The highest BCUT2D eigenvalue weighted by molar-refractivity contribution is 6.09. The number of phenolic OH excluding ortho intramolecular Hbond substituents is 1. The molecule has 0 aliphatic carbocycles. The van der Waals surface area contributed by atoms with Gasteiger partial charge in [0.1, 0.15) is 54.1 Å². The third-order valence-corrected chi connectivity index (χ3v) is 14.5. The van der Waals surface area contributed by atoms with Gasteiger partial charge in [0, 0.05) is 42.4 Å². The minimum Gasteiger partial charge on any atom is -0.508 e. The number of phenols is 1. The van der Waals surface area contributed by atoms with Gasteiger partial charge in [0.05, 0.1) is 38.4 Å². The molecule has 95 heavy (non-hydrogen) atoms. The largest absolute Gasteiger partial charge is 0.508 e. The summed E-state index contributed by atoms with van der Waals surface area (Å²) in [4.78, 5) is 184. The molecule has 4 aromatic rings. The minimum absolute atomic E-state index is 0.00557. The number of aliphatic hydroxyl groups is 1. The van der Waals surface area contributed by atoms with Crippen molar-refractivity contribution in [3.8, 4) is 5.75 Å². The molecule has 0 aliphatic heterocycles. The number of unbranched alkanes of at least 4 members (excludes halogenated alkanes) is 2. The first-order valence-corrected chi connectivity index (χ1v) is 30.4. The van der Waals surface area contributed by atoms with Crippen molar-refractivity contribution >= 4 is 82.8 Å². The lowest BCUT2D eigenvalue weighted by Crippen LogP contribution is -2.61. The van der Waals surface area contributed by atoms with E-state index >= 15 is 0 Å². The van der Waals surface area contributed by atoms with Crippen LogP contribution >= 0.6 is 0 Å². The molecule has 33 heteroatoms. The Morgan fingerprint density at radius 1 is 0.516 bits per heavy atom. The van der Waals surface area contributed by atoms with Gasteiger partial charge in [0.15, 0.2) is 11.7 Å². The van der Waals surface area contributed by atoms with Crippen LogP contribution in [0.15, 0.2) is 96.4 Å². The van der Waals surface area contributed by atoms with Crippen LogP contribution in [0.1, 0.15) is 111 Å². The van der Waals surface area contributed by atoms with Crippen LogP contribution in [0.5, 0.6) is 5.75 Å². The molecule has 0 bridgehead atoms. The third-order valence-electron chi connectivity index (χ3n) is 14.5. The fraction of sp³-hybridized carbons (Fsp3) is 0.435. The Balaban J connectivity index is 1.48. The first-order valence-electron chi connectivity index (χ1n) is 30.4. The van der Waals surface area contributed by atoms with Crippen molar-refractivity contribution < 1.29 is 87.9 Å². The van der Waals surface area contributed by atoms with Gasteiger partial charge in [0.2, 0.25) is 53.2 Å². The topological polar surface area (TPSA) is 550 Å². The molecule has 0 saturated heterocycles. The smallest absolute Gasteiger partial charge is 0.326 e. The fourth-order valence-electron chi connectivity index (χ4n) is 9.33. The number of benzene rings is 3. The number of ketones is 1. The number of carboxylic acid groups (broad SMARTS) is 3. The second-order valence-corrected chi connectivity index (χ2v) is 22.1. The highest BCUT2D eigenvalue weighted by Gasteiger charge is 2.36. The predicted molar refractivity (Wildman–Crippen MR) is 339 cm³/mol. The van der Waals surface area contributed by atoms with Crippen LogP contribution in [-0.2, 0) is 76.8 Å². The molecule has 3 aromatic carbocycles. The molecule has 0 spiro atoms. The second-order valence-electron chi connectivity index (χ2n) is 22.1. The SMILES string of the molecule is CCCC[C@H](NC(=O)[C@H](CC(=O)O)NC(=O)[C@H](CO)NC(=O)[C@H](CCCC)NC(=O)[C@H](CCCN=C(N)N)NC(=O)[C@H](Cc1cnc[nH]1)NC(=O)CNC(=O)[C@H](N)Cc1ccc(O)cc1)C(=O)N[C@@H](CC(=O)O)C(=O)N[C@@H](Cc1ccc(C(=O)c2ccccc2)cc1)C(=O)O. The number of aliphatic imine (C=N–C) groups is 1. The Morgan fingerprint density at radius 3 is 1.43 bits per heavy atom. The minimum atomic E-state index is -2.04. The molecule has 0 saturated carbocycles. The molecule has 0 aliphatic rings. The number of aromatic hydroxyl groups is 1. The number of aliphatic carboxylic acids is 3. The maximum absolute atomic E-state index is 14.3. The molecular weight excluding hydrogens is 1240 g/mol. The summed E-state index contributed by atoms with van der Waals surface area (Å²) in [6, 6.07) is 5.41. The molecule has 0 fully saturated rings. The number of nitrogens with two attached hydrogens (primary N) is 3. The standard InChI is InChI=1S/C62H83N15O18/c1-3-5-13-41(55(88)74-46(29-51(83)84)59(92)76-47(61(94)95)26-35-16-20-37(21-17-35)52(85)36-11-8-7-9-12-36)72-58(91)45(28-50(81)82)75-60(93)48(32-78)77-56(89)42(14-6-4-2)71-54(87)43(15-10-24-67-62(64)65)73-57(90)44(27-38-30-66-33-69-38)70-49(80)31-68-53(86)40(63)25-34-18-22-39(79)23-19-34/h7-9,11-12,16-23,30,33,40-48,78-79H,3-6,10,13-15,24-29,31-32,63H2,1-2H3,(H,66,69)(H,68,86)(H,70,80)(H,71,87)(H,72,91)(H,73,90)(H,74,88)(H,75,93)(H,76,92)(H,77,89)(H,81,82)(H,83,84)(H,94,95)(H4,64,65,67)/t40-,41+,42+,43+,44+,45+,46+,47+,48+/m1/s1. The first-order chi connectivity index (χ1) is 45.2. The number of carbonyl (C=O) groups excluding carboxylic acids is 10. The van der Waals surface area contributed by atoms with E-state index in [-0.39, 0.29) is 81.8 Å². The summed E-state index contributed by atoms with van der Waals surface area (Å²) in [5.74, 6) is -14.9. The highest BCUT2D eigenvalue weighted by Crippen LogP contribution is 2.15. The monoisotopic (exact) mass is 1330 g/mol. The maximum atomic E-state index is 14.3. The molecular formula is C62H83N15O18. The first kappa shape index (κ1) is 76.6. The van der Waals surface area contributed by atoms with E-state index in [2.05, 4.69) is 62.8 Å². The quantitative estimate of drug-likeness (QED) is 0.00919. The summed E-state index contributed by atoms with van der Waals surface area (Å²) in [7, 11) is 0. The van der Waals surface area contributed by atoms with E-state index in [9.17, 15) is 87.9 Å². The summed E-state index contributed by atoms with van der Waals surface area (Å²) in [6.07, 6.45) is 0.904. The molecule has 4 rings (SSSR count). The number of rotatable bonds is 42. The number of hydrogen-bond donors (Lipinski definition) is 18. The van der Waals surface area contributed by atoms with Crippen molar-refractivity contribution in [2.45, 2.75) is 152 Å². The van der Waals surface area contributed by atoms with E-state index in [0.717, 1.165) is 0 Å². The zero-order chi connectivity index (χ0) is 70.1. The van der Waals surface area contributed by atoms with Crippen LogP contribution in [0.25, 0.3) is 0 Å². The van der Waals surface area contributed by atoms with E-state index in [1.54, 1.807) is 56.3 Å². The van der Waals surface area contributed by atoms with Gasteiger partial charge < -0.3 is 95.6 Å². The summed E-state index contributed by atoms with van der Waals surface area (Å²) >= 11 is 0. The number of nitrogens with zero attached hydrogens (tertiary/aromatic N) is 2. The van der Waals surface area contributed by atoms with Crippen molar-refractivity contribution in [3.05, 3.63) is 119 Å². The Hall–Kier alpha value is -10.8. The molecule has 21 N–H and O–H groups in total. The number of imidazole rings is 1. The van der Waals surface area contributed by atoms with Crippen LogP contribution in [0.4, 0.5) is 0 Å². The number of aromatic nitrogens is 2. The lowest BCUT2D eigenvalue weighted by atomic mass is 9.99. The summed E-state index contributed by atoms with van der Waals surface area (Å²) < 4.78 is 0. The maximum Gasteiger partial charge on any atom is 0.326 e. The molecule has 514 valence electrons. The van der Waals surface area contributed by atoms with E-state index in [1.807, 2.05) is 0 Å². The van der Waals surface area contributed by atoms with Crippen LogP contribution in [0, 0.1) is 0 Å². The van der Waals surface area contributed by atoms with Gasteiger partial charge in [0.25, 0.3) is 0 Å². The molecule has 9 atom stereocenters. The molecule has 9 amide bonds. The number of H-pyrrole nitrogens is 1. The molecule has 1 aromatic heterocycles. The van der Waals surface area contributed by atoms with Gasteiger partial charge in [-0.3, -0.25) is 62.5 Å². The zero-order valence-electron chi connectivity index (χ0n) is 52.3. The van der Waals surface area contributed by atoms with Crippen LogP contribution in [-0.4, -0.2) is 192 Å². The highest BCUT2D eigenvalue weighted by atomic mass is 16.4. The van der Waals surface area contributed by atoms with Gasteiger partial charge in [-0.05, 0) is 55.4 Å². The summed E-state index contributed by atoms with van der Waals surface area (Å²) in [6.45, 7) is 1.63. The number of carbonyl (C=O) groups is 13. The van der Waals surface area contributed by atoms with E-state index in [1.165, 1.54) is 48.9 Å². The van der Waals surface area contributed by atoms with Crippen LogP contribution in [0.2, 0.25) is 0 Å². The number of carboxylic acids is 3. The van der Waals surface area contributed by atoms with E-state index < -0.39 is 151 Å². The van der Waals surface area contributed by atoms with Crippen molar-refractivity contribution in [1.82, 2.24) is 57.8 Å². The van der Waals surface area contributed by atoms with Crippen molar-refractivity contribution in [3.63, 3.8) is 0 Å². The van der Waals surface area contributed by atoms with Crippen molar-refractivity contribution in [2.24, 2.45) is 22.2 Å². The molecule has 0 unspecified atom stereocenters. The van der Waals surface area contributed by atoms with E-state index in [0.29, 0.717) is 40.8 Å². The lowest BCUT2D eigenvalue weighted by Gasteiger charge is -2.27. The molecule has 1 heterocycles. The number of aliphatic hydroxyl groups excluding tert-OH is 1. The van der Waals surface area contributed by atoms with Gasteiger partial charge in [-0.15, -0.1) is 0 Å². The number of amides is 9. The van der Waals surface area contributed by atoms with Crippen LogP contribution < -0.4 is 65.1 Å². The number of hydrogen-bond acceptors (Lipinski definition) is 18. The molecule has 0 radical (unpaired) electrons. The Bertz CT molecular complexity index is 3300. The number of guanidine groups is 1. The van der Waals surface area contributed by atoms with Crippen molar-refractivity contribution in [1.29, 1.82) is 0 Å². The van der Waals surface area contributed by atoms with Gasteiger partial charge in [-0.1, -0.05) is 106 Å². The zero-order valence-corrected chi connectivity index (χ0v) is 52.3. The Kier molecular flexibility index (Phi) is 31.9. The van der Waals surface area contributed by atoms with Crippen LogP contribution in [0.3, 0.4) is 0 Å². The summed E-state index contributed by atoms with van der Waals surface area (Å²) in [5, 5.41) is 71.0. The predicted octanol–water partition coefficient (Wildman–Crippen LogP) is -2.84. The number of aromatic amines is 1. The average Bonchev–Trinajstić information content (AvgIpc) is 1.22. The Labute approximate surface area is 545 Å². The average molecular weight is 1330 g/mol. The number of nitrogens with one attached hydrogen (secondary N) is 10. The van der Waals surface area contributed by atoms with E-state index in [4.69, 9.17) is 17.2 Å². The lowest BCUT2D eigenvalue weighted by molar-refractivity contribution is -0.143. The molecule has 33 nitrogen and oxygen atoms in total. The van der Waals surface area contributed by atoms with Gasteiger partial charge >= 0.3 is 17.9 Å². The summed E-state index contributed by atoms with van der Waals surface area (Å²) in [5.41, 5.74) is 19.1. The fourth-order valence-corrected chi connectivity index (χ4v) is 9.33. The van der Waals surface area contributed by atoms with Gasteiger partial charge in [-0.2, -0.15) is 0 Å². The van der Waals surface area contributed by atoms with Crippen molar-refractivity contribution in [2.75, 3.05) is 19.7 Å².